The van der Waals surface area contributed by atoms with Crippen LogP contribution in [0.2, 0.25) is 0 Å². The van der Waals surface area contributed by atoms with E-state index >= 15 is 0 Å². The van der Waals surface area contributed by atoms with Crippen molar-refractivity contribution in [3.63, 3.8) is 0 Å². The monoisotopic (exact) mass is 494 g/mol. The van der Waals surface area contributed by atoms with Crippen molar-refractivity contribution in [2.75, 3.05) is 31.9 Å². The van der Waals surface area contributed by atoms with Crippen LogP contribution in [0, 0.1) is 11.8 Å². The van der Waals surface area contributed by atoms with E-state index in [2.05, 4.69) is 19.5 Å². The number of rotatable bonds is 8. The van der Waals surface area contributed by atoms with Crippen LogP contribution >= 0.6 is 0 Å². The summed E-state index contributed by atoms with van der Waals surface area (Å²) < 4.78 is 30.1. The molecule has 1 aliphatic heterocycles. The molecule has 1 saturated heterocycles. The molecule has 0 unspecified atom stereocenters. The lowest BCUT2D eigenvalue weighted by Crippen LogP contribution is -2.30. The maximum Gasteiger partial charge on any atom is 0.301 e. The van der Waals surface area contributed by atoms with Gasteiger partial charge in [0.15, 0.2) is 5.82 Å². The minimum Gasteiger partial charge on any atom is -0.342 e. The molecule has 1 atom stereocenters. The number of hydrogen-bond donors (Lipinski definition) is 1. The fourth-order valence-electron chi connectivity index (χ4n) is 4.47. The van der Waals surface area contributed by atoms with Crippen molar-refractivity contribution in [3.05, 3.63) is 54.9 Å². The van der Waals surface area contributed by atoms with Crippen LogP contribution in [-0.2, 0) is 21.5 Å². The molecule has 1 amide bonds. The van der Waals surface area contributed by atoms with E-state index in [0.29, 0.717) is 17.5 Å². The summed E-state index contributed by atoms with van der Waals surface area (Å²) in [6.07, 6.45) is 4.85. The standard InChI is InChI=1S/C25H30N6O3S/c1-29(2)35(33,34)28-23-5-3-4-22(14-23)19-6-8-20(9-7-19)24-27-26-17-31(24)16-18-12-13-30(15-18)25(32)21-10-11-21/h3-9,14,17-18,21,28H,10-13,15-16H2,1-2H3/t18-/m0/s1. The minimum atomic E-state index is -3.57. The van der Waals surface area contributed by atoms with Gasteiger partial charge in [0.1, 0.15) is 6.33 Å². The molecule has 0 spiro atoms. The Morgan fingerprint density at radius 3 is 2.51 bits per heavy atom. The van der Waals surface area contributed by atoms with Crippen LogP contribution in [-0.4, -0.2) is 65.5 Å². The fraction of sp³-hybridized carbons (Fsp3) is 0.400. The molecule has 1 aliphatic carbocycles. The number of benzene rings is 2. The van der Waals surface area contributed by atoms with E-state index in [9.17, 15) is 13.2 Å². The Hall–Kier alpha value is -3.24. The lowest BCUT2D eigenvalue weighted by Gasteiger charge is -2.17. The van der Waals surface area contributed by atoms with Gasteiger partial charge in [-0.3, -0.25) is 9.52 Å². The number of likely N-dealkylation sites (tertiary alicyclic amines) is 1. The first-order chi connectivity index (χ1) is 16.8. The van der Waals surface area contributed by atoms with E-state index in [4.69, 9.17) is 0 Å². The van der Waals surface area contributed by atoms with Gasteiger partial charge in [-0.2, -0.15) is 12.7 Å². The summed E-state index contributed by atoms with van der Waals surface area (Å²) in [5.41, 5.74) is 3.34. The Morgan fingerprint density at radius 1 is 1.06 bits per heavy atom. The Balaban J connectivity index is 1.28. The molecule has 1 N–H and O–H groups in total. The molecule has 0 bridgehead atoms. The fourth-order valence-corrected chi connectivity index (χ4v) is 5.08. The zero-order valence-corrected chi connectivity index (χ0v) is 20.8. The van der Waals surface area contributed by atoms with Crippen LogP contribution in [0.15, 0.2) is 54.9 Å². The summed E-state index contributed by atoms with van der Waals surface area (Å²) >= 11 is 0. The van der Waals surface area contributed by atoms with Gasteiger partial charge in [-0.15, -0.1) is 10.2 Å². The predicted molar refractivity (Wildman–Crippen MR) is 135 cm³/mol. The average Bonchev–Trinajstić information content (AvgIpc) is 3.42. The second kappa shape index (κ2) is 9.43. The van der Waals surface area contributed by atoms with Gasteiger partial charge < -0.3 is 9.47 Å². The van der Waals surface area contributed by atoms with Crippen molar-refractivity contribution in [1.82, 2.24) is 24.0 Å². The molecule has 2 heterocycles. The Labute approximate surface area is 206 Å². The molecule has 0 radical (unpaired) electrons. The first-order valence-corrected chi connectivity index (χ1v) is 13.3. The topological polar surface area (TPSA) is 100 Å². The third-order valence-corrected chi connectivity index (χ3v) is 8.12. The predicted octanol–water partition coefficient (Wildman–Crippen LogP) is 3.09. The molecule has 10 heteroatoms. The van der Waals surface area contributed by atoms with Crippen molar-refractivity contribution in [2.24, 2.45) is 11.8 Å². The highest BCUT2D eigenvalue weighted by molar-refractivity contribution is 7.90. The maximum atomic E-state index is 12.4. The van der Waals surface area contributed by atoms with Gasteiger partial charge in [0.2, 0.25) is 5.91 Å². The van der Waals surface area contributed by atoms with Crippen LogP contribution in [0.3, 0.4) is 0 Å². The molecule has 1 saturated carbocycles. The summed E-state index contributed by atoms with van der Waals surface area (Å²) in [6, 6.07) is 15.3. The van der Waals surface area contributed by atoms with E-state index in [1.54, 1.807) is 12.4 Å². The van der Waals surface area contributed by atoms with Gasteiger partial charge in [-0.1, -0.05) is 36.4 Å². The number of hydrogen-bond acceptors (Lipinski definition) is 5. The lowest BCUT2D eigenvalue weighted by atomic mass is 10.0. The first-order valence-electron chi connectivity index (χ1n) is 11.9. The van der Waals surface area contributed by atoms with E-state index in [0.717, 1.165) is 65.7 Å². The van der Waals surface area contributed by atoms with Gasteiger partial charge >= 0.3 is 10.2 Å². The highest BCUT2D eigenvalue weighted by Gasteiger charge is 2.36. The highest BCUT2D eigenvalue weighted by atomic mass is 32.2. The zero-order valence-electron chi connectivity index (χ0n) is 20.0. The van der Waals surface area contributed by atoms with Crippen molar-refractivity contribution in [2.45, 2.75) is 25.8 Å². The van der Waals surface area contributed by atoms with Gasteiger partial charge in [0, 0.05) is 45.2 Å². The third kappa shape index (κ3) is 5.23. The Bertz CT molecular complexity index is 1310. The molecular weight excluding hydrogens is 464 g/mol. The summed E-state index contributed by atoms with van der Waals surface area (Å²) in [7, 11) is -0.595. The molecule has 5 rings (SSSR count). The molecule has 1 aromatic heterocycles. The molecule has 3 aromatic rings. The second-order valence-corrected chi connectivity index (χ2v) is 11.5. The minimum absolute atomic E-state index is 0.270. The normalized spacial score (nSPS) is 18.3. The number of carbonyl (C=O) groups excluding carboxylic acids is 1. The van der Waals surface area contributed by atoms with Crippen molar-refractivity contribution in [1.29, 1.82) is 0 Å². The Morgan fingerprint density at radius 2 is 1.80 bits per heavy atom. The molecule has 184 valence electrons. The Kier molecular flexibility index (Phi) is 6.33. The van der Waals surface area contributed by atoms with Gasteiger partial charge in [-0.05, 0) is 48.4 Å². The average molecular weight is 495 g/mol. The van der Waals surface area contributed by atoms with Crippen LogP contribution < -0.4 is 4.72 Å². The quantitative estimate of drug-likeness (QED) is 0.519. The van der Waals surface area contributed by atoms with Crippen LogP contribution in [0.1, 0.15) is 19.3 Å². The third-order valence-electron chi connectivity index (χ3n) is 6.66. The number of carbonyl (C=O) groups is 1. The van der Waals surface area contributed by atoms with E-state index in [-0.39, 0.29) is 5.92 Å². The largest absolute Gasteiger partial charge is 0.342 e. The number of nitrogens with zero attached hydrogens (tertiary/aromatic N) is 5. The van der Waals surface area contributed by atoms with Crippen molar-refractivity contribution < 1.29 is 13.2 Å². The number of anilines is 1. The lowest BCUT2D eigenvalue weighted by molar-refractivity contribution is -0.131. The number of amides is 1. The smallest absolute Gasteiger partial charge is 0.301 e. The van der Waals surface area contributed by atoms with E-state index < -0.39 is 10.2 Å². The van der Waals surface area contributed by atoms with Crippen molar-refractivity contribution >= 4 is 21.8 Å². The number of aromatic nitrogens is 3. The summed E-state index contributed by atoms with van der Waals surface area (Å²) in [4.78, 5) is 14.4. The SMILES string of the molecule is CN(C)S(=O)(=O)Nc1cccc(-c2ccc(-c3nncn3C[C@H]3CCN(C(=O)C4CC4)C3)cc2)c1. The second-order valence-electron chi connectivity index (χ2n) is 9.57. The van der Waals surface area contributed by atoms with Gasteiger partial charge in [-0.25, -0.2) is 0 Å². The number of nitrogens with one attached hydrogen (secondary N) is 1. The molecular formula is C25H30N6O3S. The summed E-state index contributed by atoms with van der Waals surface area (Å²) in [5.74, 6) is 1.80. The van der Waals surface area contributed by atoms with Crippen LogP contribution in [0.25, 0.3) is 22.5 Å². The summed E-state index contributed by atoms with van der Waals surface area (Å²) in [6.45, 7) is 2.43. The van der Waals surface area contributed by atoms with Crippen LogP contribution in [0.4, 0.5) is 5.69 Å². The zero-order chi connectivity index (χ0) is 24.6. The van der Waals surface area contributed by atoms with E-state index in [1.807, 2.05) is 47.4 Å². The maximum absolute atomic E-state index is 12.4. The van der Waals surface area contributed by atoms with E-state index in [1.165, 1.54) is 14.1 Å². The molecule has 9 nitrogen and oxygen atoms in total. The van der Waals surface area contributed by atoms with Crippen molar-refractivity contribution in [3.8, 4) is 22.5 Å². The van der Waals surface area contributed by atoms with Gasteiger partial charge in [0.25, 0.3) is 0 Å². The molecule has 2 fully saturated rings. The summed E-state index contributed by atoms with van der Waals surface area (Å²) in [5, 5.41) is 8.48. The molecule has 2 aliphatic rings. The van der Waals surface area contributed by atoms with Gasteiger partial charge in [0.05, 0.1) is 5.69 Å². The highest BCUT2D eigenvalue weighted by Crippen LogP contribution is 2.33. The molecule has 2 aromatic carbocycles. The molecule has 35 heavy (non-hydrogen) atoms. The van der Waals surface area contributed by atoms with Crippen LogP contribution in [0.5, 0.6) is 0 Å². The first kappa shape index (κ1) is 23.5.